The number of fused-ring (bicyclic) bond motifs is 1. The molecule has 0 atom stereocenters. The van der Waals surface area contributed by atoms with Crippen LogP contribution in [0.4, 0.5) is 5.69 Å². The second-order valence-corrected chi connectivity index (χ2v) is 7.71. The van der Waals surface area contributed by atoms with Crippen LogP contribution >= 0.6 is 11.3 Å². The van der Waals surface area contributed by atoms with Crippen molar-refractivity contribution in [3.8, 4) is 6.07 Å². The lowest BCUT2D eigenvalue weighted by Gasteiger charge is -2.26. The summed E-state index contributed by atoms with van der Waals surface area (Å²) in [6, 6.07) is 5.72. The Kier molecular flexibility index (Phi) is 4.90. The van der Waals surface area contributed by atoms with Gasteiger partial charge in [0.15, 0.2) is 0 Å². The number of morpholine rings is 1. The number of thiophene rings is 1. The van der Waals surface area contributed by atoms with E-state index >= 15 is 0 Å². The second-order valence-electron chi connectivity index (χ2n) is 6.45. The van der Waals surface area contributed by atoms with Crippen molar-refractivity contribution in [1.82, 2.24) is 14.9 Å². The molecule has 0 bridgehead atoms. The third-order valence-electron chi connectivity index (χ3n) is 4.59. The molecule has 3 aromatic heterocycles. The quantitative estimate of drug-likeness (QED) is 0.725. The molecule has 0 aliphatic carbocycles. The Hall–Kier alpha value is -2.73. The number of aromatic amines is 1. The van der Waals surface area contributed by atoms with Gasteiger partial charge in [0.05, 0.1) is 40.9 Å². The maximum atomic E-state index is 13.0. The lowest BCUT2D eigenvalue weighted by Crippen LogP contribution is -2.36. The van der Waals surface area contributed by atoms with E-state index in [1.807, 2.05) is 0 Å². The van der Waals surface area contributed by atoms with Crippen LogP contribution in [0.3, 0.4) is 0 Å². The van der Waals surface area contributed by atoms with Crippen molar-refractivity contribution >= 4 is 33.1 Å². The first-order valence-electron chi connectivity index (χ1n) is 8.72. The Balaban J connectivity index is 1.67. The van der Waals surface area contributed by atoms with Crippen LogP contribution in [0, 0.1) is 18.3 Å². The number of nitrogens with zero attached hydrogens (tertiary/aromatic N) is 3. The molecule has 0 radical (unpaired) electrons. The third-order valence-corrected chi connectivity index (χ3v) is 5.70. The molecule has 27 heavy (non-hydrogen) atoms. The molecule has 1 aliphatic rings. The predicted octanol–water partition coefficient (Wildman–Crippen LogP) is 2.89. The van der Waals surface area contributed by atoms with E-state index < -0.39 is 0 Å². The summed E-state index contributed by atoms with van der Waals surface area (Å²) in [5.74, 6) is -0.260. The van der Waals surface area contributed by atoms with Gasteiger partial charge >= 0.3 is 0 Å². The number of aryl methyl sites for hydroxylation is 1. The zero-order valence-electron chi connectivity index (χ0n) is 14.9. The number of anilines is 1. The topological polar surface area (TPSA) is 94.0 Å². The first-order valence-corrected chi connectivity index (χ1v) is 9.54. The van der Waals surface area contributed by atoms with Gasteiger partial charge in [0, 0.05) is 36.3 Å². The third kappa shape index (κ3) is 3.57. The summed E-state index contributed by atoms with van der Waals surface area (Å²) in [6.45, 7) is 5.86. The smallest absolute Gasteiger partial charge is 0.272 e. The van der Waals surface area contributed by atoms with Gasteiger partial charge in [-0.3, -0.25) is 14.7 Å². The van der Waals surface area contributed by atoms with Gasteiger partial charge < -0.3 is 15.0 Å². The molecule has 1 aliphatic heterocycles. The molecule has 4 heterocycles. The molecule has 138 valence electrons. The average molecular weight is 381 g/mol. The number of H-pyrrole nitrogens is 1. The van der Waals surface area contributed by atoms with Crippen molar-refractivity contribution in [2.75, 3.05) is 31.6 Å². The van der Waals surface area contributed by atoms with E-state index in [1.165, 1.54) is 17.3 Å². The zero-order valence-corrected chi connectivity index (χ0v) is 15.7. The Bertz CT molecular complexity index is 1030. The van der Waals surface area contributed by atoms with Crippen LogP contribution < -0.4 is 5.32 Å². The maximum absolute atomic E-state index is 13.0. The van der Waals surface area contributed by atoms with Gasteiger partial charge in [-0.15, -0.1) is 11.3 Å². The second kappa shape index (κ2) is 7.48. The number of amides is 1. The van der Waals surface area contributed by atoms with Crippen molar-refractivity contribution in [3.05, 3.63) is 46.2 Å². The highest BCUT2D eigenvalue weighted by Crippen LogP contribution is 2.32. The first kappa shape index (κ1) is 17.7. The van der Waals surface area contributed by atoms with E-state index in [4.69, 9.17) is 4.74 Å². The minimum absolute atomic E-state index is 0.260. The number of carbonyl (C=O) groups is 1. The zero-order chi connectivity index (χ0) is 18.8. The van der Waals surface area contributed by atoms with E-state index in [9.17, 15) is 10.1 Å². The van der Waals surface area contributed by atoms with Crippen LogP contribution in [-0.2, 0) is 11.3 Å². The van der Waals surface area contributed by atoms with Crippen molar-refractivity contribution in [2.24, 2.45) is 0 Å². The summed E-state index contributed by atoms with van der Waals surface area (Å²) in [6.07, 6.45) is 3.03. The van der Waals surface area contributed by atoms with Crippen molar-refractivity contribution in [3.63, 3.8) is 0 Å². The highest BCUT2D eigenvalue weighted by atomic mass is 32.1. The van der Waals surface area contributed by atoms with Crippen LogP contribution in [0.25, 0.3) is 10.2 Å². The number of hydrogen-bond donors (Lipinski definition) is 2. The molecule has 1 fully saturated rings. The Morgan fingerprint density at radius 3 is 3.07 bits per heavy atom. The fraction of sp³-hybridized carbons (Fsp3) is 0.316. The van der Waals surface area contributed by atoms with Gasteiger partial charge in [0.1, 0.15) is 11.8 Å². The summed E-state index contributed by atoms with van der Waals surface area (Å²) < 4.78 is 6.54. The van der Waals surface area contributed by atoms with Crippen LogP contribution in [0.1, 0.15) is 26.5 Å². The summed E-state index contributed by atoms with van der Waals surface area (Å²) in [5, 5.41) is 12.1. The van der Waals surface area contributed by atoms with Gasteiger partial charge in [-0.2, -0.15) is 5.26 Å². The predicted molar refractivity (Wildman–Crippen MR) is 104 cm³/mol. The summed E-state index contributed by atoms with van der Waals surface area (Å²) in [7, 11) is 0. The number of rotatable bonds is 4. The van der Waals surface area contributed by atoms with Crippen molar-refractivity contribution in [1.29, 1.82) is 5.26 Å². The fourth-order valence-corrected chi connectivity index (χ4v) is 4.27. The SMILES string of the molecule is Cc1cc2[nH]c(C(=O)Nc3cnccc3C#N)c(CN3CCOCC3)c2s1. The van der Waals surface area contributed by atoms with Crippen LogP contribution in [0.5, 0.6) is 0 Å². The van der Waals surface area contributed by atoms with Gasteiger partial charge in [-0.25, -0.2) is 0 Å². The number of nitriles is 1. The Morgan fingerprint density at radius 2 is 2.30 bits per heavy atom. The Morgan fingerprint density at radius 1 is 1.48 bits per heavy atom. The minimum atomic E-state index is -0.260. The molecule has 0 spiro atoms. The number of nitrogens with one attached hydrogen (secondary N) is 2. The van der Waals surface area contributed by atoms with Gasteiger partial charge in [0.25, 0.3) is 5.91 Å². The molecule has 4 rings (SSSR count). The molecule has 1 amide bonds. The molecule has 8 heteroatoms. The van der Waals surface area contributed by atoms with Crippen LogP contribution in [0.2, 0.25) is 0 Å². The molecule has 1 saturated heterocycles. The van der Waals surface area contributed by atoms with Gasteiger partial charge in [-0.05, 0) is 19.1 Å². The largest absolute Gasteiger partial charge is 0.379 e. The van der Waals surface area contributed by atoms with Crippen molar-refractivity contribution in [2.45, 2.75) is 13.5 Å². The molecule has 3 aromatic rings. The highest BCUT2D eigenvalue weighted by Gasteiger charge is 2.23. The lowest BCUT2D eigenvalue weighted by molar-refractivity contribution is 0.0343. The fourth-order valence-electron chi connectivity index (χ4n) is 3.26. The van der Waals surface area contributed by atoms with E-state index in [0.29, 0.717) is 36.7 Å². The summed E-state index contributed by atoms with van der Waals surface area (Å²) in [4.78, 5) is 23.7. The van der Waals surface area contributed by atoms with Crippen molar-refractivity contribution < 1.29 is 9.53 Å². The van der Waals surface area contributed by atoms with Crippen LogP contribution in [0.15, 0.2) is 24.5 Å². The molecule has 7 nitrogen and oxygen atoms in total. The molecule has 0 aromatic carbocycles. The summed E-state index contributed by atoms with van der Waals surface area (Å²) in [5.41, 5.74) is 3.30. The molecule has 0 saturated carbocycles. The van der Waals surface area contributed by atoms with E-state index in [0.717, 1.165) is 28.9 Å². The maximum Gasteiger partial charge on any atom is 0.272 e. The van der Waals surface area contributed by atoms with Gasteiger partial charge in [-0.1, -0.05) is 0 Å². The number of pyridine rings is 1. The lowest BCUT2D eigenvalue weighted by atomic mass is 10.2. The minimum Gasteiger partial charge on any atom is -0.379 e. The average Bonchev–Trinajstić information content (AvgIpc) is 3.20. The number of aromatic nitrogens is 2. The van der Waals surface area contributed by atoms with E-state index in [1.54, 1.807) is 17.4 Å². The van der Waals surface area contributed by atoms with E-state index in [2.05, 4.69) is 39.2 Å². The standard InChI is InChI=1S/C19H19N5O2S/c1-12-8-15-18(27-12)14(11-24-4-6-26-7-5-24)17(22-15)19(25)23-16-10-21-3-2-13(16)9-20/h2-3,8,10,22H,4-7,11H2,1H3,(H,23,25). The molecule has 2 N–H and O–H groups in total. The normalized spacial score (nSPS) is 15.0. The number of ether oxygens (including phenoxy) is 1. The molecular weight excluding hydrogens is 362 g/mol. The Labute approximate surface area is 160 Å². The van der Waals surface area contributed by atoms with Crippen LogP contribution in [-0.4, -0.2) is 47.1 Å². The number of hydrogen-bond acceptors (Lipinski definition) is 6. The highest BCUT2D eigenvalue weighted by molar-refractivity contribution is 7.19. The monoisotopic (exact) mass is 381 g/mol. The van der Waals surface area contributed by atoms with E-state index in [-0.39, 0.29) is 5.91 Å². The summed E-state index contributed by atoms with van der Waals surface area (Å²) >= 11 is 1.69. The molecular formula is C19H19N5O2S. The number of carbonyl (C=O) groups excluding carboxylic acids is 1. The van der Waals surface area contributed by atoms with Gasteiger partial charge in [0.2, 0.25) is 0 Å². The molecule has 0 unspecified atom stereocenters. The first-order chi connectivity index (χ1) is 13.2.